The number of carbonyl (C=O) groups excluding carboxylic acids is 3. The number of hydrogen-bond acceptors (Lipinski definition) is 6. The standard InChI is InChI=1S/C13H18N4O5/c1-8(6-14)22-13(20)11(5-4-10(18)7-16-15)17-12(19)9(2)21-3/h7-9,11H,4-5H2,1-3H3,(H,17,19)/t8-,9+,11+/m1/s1. The fourth-order valence-corrected chi connectivity index (χ4v) is 1.34. The molecule has 0 fully saturated rings. The highest BCUT2D eigenvalue weighted by Gasteiger charge is 2.26. The van der Waals surface area contributed by atoms with Gasteiger partial charge in [0, 0.05) is 13.5 Å². The van der Waals surface area contributed by atoms with Gasteiger partial charge < -0.3 is 20.3 Å². The fraction of sp³-hybridized carbons (Fsp3) is 0.615. The molecule has 9 nitrogen and oxygen atoms in total. The molecule has 0 radical (unpaired) electrons. The molecule has 0 aromatic rings. The van der Waals surface area contributed by atoms with Gasteiger partial charge >= 0.3 is 12.2 Å². The van der Waals surface area contributed by atoms with Crippen molar-refractivity contribution in [3.8, 4) is 6.07 Å². The monoisotopic (exact) mass is 310 g/mol. The van der Waals surface area contributed by atoms with Crippen LogP contribution in [0.3, 0.4) is 0 Å². The van der Waals surface area contributed by atoms with E-state index in [9.17, 15) is 14.4 Å². The Morgan fingerprint density at radius 3 is 2.55 bits per heavy atom. The molecule has 0 aromatic heterocycles. The van der Waals surface area contributed by atoms with Gasteiger partial charge in [-0.2, -0.15) is 10.1 Å². The molecule has 0 aliphatic carbocycles. The molecule has 0 bridgehead atoms. The average molecular weight is 310 g/mol. The minimum atomic E-state index is -1.11. The molecule has 0 spiro atoms. The van der Waals surface area contributed by atoms with E-state index in [-0.39, 0.29) is 12.8 Å². The number of hydrogen-bond donors (Lipinski definition) is 1. The van der Waals surface area contributed by atoms with Crippen LogP contribution in [0.25, 0.3) is 5.53 Å². The molecule has 0 saturated carbocycles. The average Bonchev–Trinajstić information content (AvgIpc) is 2.50. The summed E-state index contributed by atoms with van der Waals surface area (Å²) in [7, 11) is 1.33. The molecule has 22 heavy (non-hydrogen) atoms. The summed E-state index contributed by atoms with van der Waals surface area (Å²) >= 11 is 0. The molecule has 0 aliphatic heterocycles. The van der Waals surface area contributed by atoms with Crippen molar-refractivity contribution >= 4 is 23.9 Å². The van der Waals surface area contributed by atoms with E-state index in [0.29, 0.717) is 6.21 Å². The van der Waals surface area contributed by atoms with E-state index < -0.39 is 35.9 Å². The van der Waals surface area contributed by atoms with Gasteiger partial charge in [0.25, 0.3) is 0 Å². The van der Waals surface area contributed by atoms with Crippen LogP contribution in [0.4, 0.5) is 0 Å². The summed E-state index contributed by atoms with van der Waals surface area (Å²) in [5.41, 5.74) is 8.25. The van der Waals surface area contributed by atoms with Crippen LogP contribution in [-0.4, -0.2) is 54.0 Å². The van der Waals surface area contributed by atoms with Crippen molar-refractivity contribution in [3.05, 3.63) is 5.53 Å². The minimum Gasteiger partial charge on any atom is -0.446 e. The lowest BCUT2D eigenvalue weighted by Crippen LogP contribution is -2.46. The van der Waals surface area contributed by atoms with Gasteiger partial charge in [-0.15, -0.1) is 0 Å². The van der Waals surface area contributed by atoms with Gasteiger partial charge in [0.1, 0.15) is 18.2 Å². The Kier molecular flexibility index (Phi) is 9.02. The second-order valence-corrected chi connectivity index (χ2v) is 4.40. The van der Waals surface area contributed by atoms with Crippen LogP contribution >= 0.6 is 0 Å². The molecule has 0 saturated heterocycles. The first-order valence-electron chi connectivity index (χ1n) is 6.49. The summed E-state index contributed by atoms with van der Waals surface area (Å²) < 4.78 is 9.64. The van der Waals surface area contributed by atoms with Gasteiger partial charge in [0.05, 0.1) is 0 Å². The maximum absolute atomic E-state index is 11.9. The van der Waals surface area contributed by atoms with Crippen molar-refractivity contribution in [2.75, 3.05) is 7.11 Å². The number of ketones is 1. The maximum Gasteiger partial charge on any atom is 0.329 e. The summed E-state index contributed by atoms with van der Waals surface area (Å²) in [4.78, 5) is 37.5. The van der Waals surface area contributed by atoms with Crippen molar-refractivity contribution in [3.63, 3.8) is 0 Å². The smallest absolute Gasteiger partial charge is 0.329 e. The zero-order valence-electron chi connectivity index (χ0n) is 12.6. The van der Waals surface area contributed by atoms with E-state index in [1.54, 1.807) is 6.07 Å². The van der Waals surface area contributed by atoms with E-state index in [2.05, 4.69) is 10.1 Å². The van der Waals surface area contributed by atoms with Gasteiger partial charge in [0.2, 0.25) is 11.7 Å². The third-order valence-corrected chi connectivity index (χ3v) is 2.68. The van der Waals surface area contributed by atoms with Crippen LogP contribution < -0.4 is 5.32 Å². The molecule has 0 unspecified atom stereocenters. The molecular formula is C13H18N4O5. The molecule has 1 amide bonds. The Hall–Kier alpha value is -2.56. The molecule has 0 heterocycles. The number of nitriles is 1. The van der Waals surface area contributed by atoms with Crippen molar-refractivity contribution in [2.45, 2.75) is 44.9 Å². The summed E-state index contributed by atoms with van der Waals surface area (Å²) in [5, 5.41) is 11.0. The molecule has 0 aromatic carbocycles. The Labute approximate surface area is 127 Å². The molecule has 0 aliphatic rings. The van der Waals surface area contributed by atoms with Crippen LogP contribution in [0.5, 0.6) is 0 Å². The predicted molar refractivity (Wildman–Crippen MR) is 73.5 cm³/mol. The van der Waals surface area contributed by atoms with Crippen LogP contribution in [0.2, 0.25) is 0 Å². The Morgan fingerprint density at radius 1 is 1.41 bits per heavy atom. The van der Waals surface area contributed by atoms with Gasteiger partial charge in [-0.3, -0.25) is 9.59 Å². The summed E-state index contributed by atoms with van der Waals surface area (Å²) in [5.74, 6) is -1.92. The predicted octanol–water partition coefficient (Wildman–Crippen LogP) is -0.389. The first kappa shape index (κ1) is 19.4. The maximum atomic E-state index is 11.9. The number of rotatable bonds is 9. The highest BCUT2D eigenvalue weighted by molar-refractivity contribution is 6.25. The number of methoxy groups -OCH3 is 1. The third-order valence-electron chi connectivity index (χ3n) is 2.68. The fourth-order valence-electron chi connectivity index (χ4n) is 1.34. The van der Waals surface area contributed by atoms with E-state index in [1.165, 1.54) is 21.0 Å². The van der Waals surface area contributed by atoms with Crippen LogP contribution in [0.1, 0.15) is 26.7 Å². The summed E-state index contributed by atoms with van der Waals surface area (Å²) in [6, 6.07) is 0.608. The Bertz CT molecular complexity index is 507. The minimum absolute atomic E-state index is 0.0655. The lowest BCUT2D eigenvalue weighted by atomic mass is 10.1. The summed E-state index contributed by atoms with van der Waals surface area (Å²) in [6.07, 6.45) is -1.30. The van der Waals surface area contributed by atoms with E-state index >= 15 is 0 Å². The van der Waals surface area contributed by atoms with Gasteiger partial charge in [0.15, 0.2) is 6.10 Å². The zero-order valence-corrected chi connectivity index (χ0v) is 12.6. The van der Waals surface area contributed by atoms with Crippen molar-refractivity contribution in [1.29, 1.82) is 5.26 Å². The highest BCUT2D eigenvalue weighted by atomic mass is 16.5. The number of esters is 1. The van der Waals surface area contributed by atoms with Gasteiger partial charge in [-0.1, -0.05) is 0 Å². The number of carbonyl (C=O) groups is 3. The topological polar surface area (TPSA) is 142 Å². The lowest BCUT2D eigenvalue weighted by Gasteiger charge is -2.19. The van der Waals surface area contributed by atoms with Crippen molar-refractivity contribution in [1.82, 2.24) is 5.32 Å². The number of ether oxygens (including phenoxy) is 2. The quantitative estimate of drug-likeness (QED) is 0.266. The third kappa shape index (κ3) is 7.28. The van der Waals surface area contributed by atoms with E-state index in [4.69, 9.17) is 20.3 Å². The number of amides is 1. The van der Waals surface area contributed by atoms with Crippen molar-refractivity contribution in [2.24, 2.45) is 0 Å². The molecule has 0 rings (SSSR count). The second-order valence-electron chi connectivity index (χ2n) is 4.40. The first-order chi connectivity index (χ1) is 10.3. The number of Topliss-reactive ketones (excluding diaryl/α,β-unsaturated/α-hetero) is 1. The van der Waals surface area contributed by atoms with Gasteiger partial charge in [-0.25, -0.2) is 4.79 Å². The molecule has 3 atom stereocenters. The highest BCUT2D eigenvalue weighted by Crippen LogP contribution is 2.04. The molecule has 9 heteroatoms. The van der Waals surface area contributed by atoms with Crippen LogP contribution in [0.15, 0.2) is 0 Å². The number of nitrogens with zero attached hydrogens (tertiary/aromatic N) is 3. The molecular weight excluding hydrogens is 292 g/mol. The van der Waals surface area contributed by atoms with E-state index in [1.807, 2.05) is 0 Å². The van der Waals surface area contributed by atoms with Crippen LogP contribution in [-0.2, 0) is 23.9 Å². The molecule has 1 N–H and O–H groups in total. The Balaban J connectivity index is 4.86. The summed E-state index contributed by atoms with van der Waals surface area (Å²) in [6.45, 7) is 2.86. The zero-order chi connectivity index (χ0) is 17.1. The van der Waals surface area contributed by atoms with Gasteiger partial charge in [-0.05, 0) is 20.3 Å². The SMILES string of the molecule is CO[C@@H](C)C(=O)N[C@@H](CCC(=O)C=[N+]=[N-])C(=O)O[C@H](C)C#N. The second kappa shape index (κ2) is 10.2. The lowest BCUT2D eigenvalue weighted by molar-refractivity contribution is -0.151. The normalized spacial score (nSPS) is 13.7. The Morgan fingerprint density at radius 2 is 2.05 bits per heavy atom. The van der Waals surface area contributed by atoms with E-state index in [0.717, 1.165) is 0 Å². The van der Waals surface area contributed by atoms with Crippen molar-refractivity contribution < 1.29 is 28.6 Å². The van der Waals surface area contributed by atoms with Crippen LogP contribution in [0, 0.1) is 11.3 Å². The molecule has 120 valence electrons. The largest absolute Gasteiger partial charge is 0.446 e. The first-order valence-corrected chi connectivity index (χ1v) is 6.49. The number of nitrogens with one attached hydrogen (secondary N) is 1.